The van der Waals surface area contributed by atoms with E-state index < -0.39 is 38.1 Å². The van der Waals surface area contributed by atoms with Gasteiger partial charge in [-0.1, -0.05) is 48.8 Å². The number of piperazine rings is 1. The van der Waals surface area contributed by atoms with Crippen molar-refractivity contribution in [2.24, 2.45) is 5.92 Å². The number of rotatable bonds is 8. The summed E-state index contributed by atoms with van der Waals surface area (Å²) in [5.74, 6) is -3.16. The number of carbonyl (C=O) groups is 2. The number of tetrazole rings is 1. The van der Waals surface area contributed by atoms with Crippen molar-refractivity contribution in [2.45, 2.75) is 26.3 Å². The number of amides is 2. The van der Waals surface area contributed by atoms with Crippen LogP contribution in [0.5, 0.6) is 0 Å². The molecule has 6 rings (SSSR count). The van der Waals surface area contributed by atoms with Crippen LogP contribution in [-0.4, -0.2) is 73.0 Å². The van der Waals surface area contributed by atoms with Crippen LogP contribution in [0.25, 0.3) is 22.3 Å². The molecule has 1 aliphatic rings. The van der Waals surface area contributed by atoms with Crippen molar-refractivity contribution in [1.29, 1.82) is 0 Å². The van der Waals surface area contributed by atoms with E-state index in [2.05, 4.69) is 25.7 Å². The minimum absolute atomic E-state index is 0.126. The van der Waals surface area contributed by atoms with Crippen molar-refractivity contribution in [1.82, 2.24) is 35.0 Å². The Bertz CT molecular complexity index is 1980. The van der Waals surface area contributed by atoms with E-state index in [1.54, 1.807) is 29.2 Å². The van der Waals surface area contributed by atoms with Crippen molar-refractivity contribution in [2.75, 3.05) is 31.5 Å². The molecule has 0 saturated carbocycles. The van der Waals surface area contributed by atoms with Gasteiger partial charge in [0.1, 0.15) is 17.0 Å². The largest absolute Gasteiger partial charge is 0.456 e. The van der Waals surface area contributed by atoms with Gasteiger partial charge in [0.15, 0.2) is 5.82 Å². The predicted molar refractivity (Wildman–Crippen MR) is 158 cm³/mol. The zero-order valence-electron chi connectivity index (χ0n) is 29.1. The lowest BCUT2D eigenvalue weighted by Crippen LogP contribution is -2.50. The number of pyridine rings is 1. The Morgan fingerprint density at radius 3 is 2.52 bits per heavy atom. The van der Waals surface area contributed by atoms with E-state index in [4.69, 9.17) is 12.6 Å². The van der Waals surface area contributed by atoms with Gasteiger partial charge < -0.3 is 14.6 Å². The number of anilines is 1. The van der Waals surface area contributed by atoms with Crippen LogP contribution in [0, 0.1) is 5.92 Å². The number of aromatic nitrogens is 5. The lowest BCUT2D eigenvalue weighted by Gasteiger charge is -2.38. The number of hydrogen-bond acceptors (Lipinski definition) is 8. The molecule has 1 atom stereocenters. The van der Waals surface area contributed by atoms with E-state index in [1.165, 1.54) is 18.3 Å². The Morgan fingerprint density at radius 1 is 1.00 bits per heavy atom. The maximum Gasteiger partial charge on any atom is 0.350 e. The zero-order chi connectivity index (χ0) is 35.8. The summed E-state index contributed by atoms with van der Waals surface area (Å²) in [5, 5.41) is 14.2. The molecule has 0 bridgehead atoms. The molecule has 11 nitrogen and oxygen atoms in total. The first kappa shape index (κ1) is 22.5. The van der Waals surface area contributed by atoms with Crippen molar-refractivity contribution >= 4 is 28.5 Å². The number of furan rings is 1. The Hall–Kier alpha value is -5.04. The quantitative estimate of drug-likeness (QED) is 0.261. The molecular weight excluding hydrogens is 570 g/mol. The van der Waals surface area contributed by atoms with Crippen LogP contribution in [0.1, 0.15) is 56.4 Å². The molecule has 5 aromatic rings. The number of fused-ring (bicyclic) bond motifs is 1. The van der Waals surface area contributed by atoms with Gasteiger partial charge in [-0.25, -0.2) is 0 Å². The minimum atomic E-state index is -3.03. The average molecular weight is 607 g/mol. The molecule has 226 valence electrons. The molecule has 0 unspecified atom stereocenters. The molecule has 2 amide bonds. The minimum Gasteiger partial charge on any atom is -0.456 e. The van der Waals surface area contributed by atoms with Gasteiger partial charge in [-0.3, -0.25) is 19.5 Å². The maximum absolute atomic E-state index is 13.6. The van der Waals surface area contributed by atoms with Crippen LogP contribution in [-0.2, 0) is 4.79 Å². The van der Waals surface area contributed by atoms with Crippen molar-refractivity contribution in [3.8, 4) is 11.3 Å². The summed E-state index contributed by atoms with van der Waals surface area (Å²) in [6.07, 6.45) is 1.48. The molecule has 0 spiro atoms. The number of hydrogen-bond donors (Lipinski definition) is 1. The van der Waals surface area contributed by atoms with Gasteiger partial charge in [0.2, 0.25) is 5.91 Å². The smallest absolute Gasteiger partial charge is 0.350 e. The van der Waals surface area contributed by atoms with Crippen LogP contribution in [0.2, 0.25) is 0 Å². The summed E-state index contributed by atoms with van der Waals surface area (Å²) in [6.45, 7) is -7.55. The number of benzene rings is 2. The topological polar surface area (TPSA) is 122 Å². The van der Waals surface area contributed by atoms with Gasteiger partial charge >= 0.3 is 6.55 Å². The molecule has 1 aliphatic heterocycles. The third-order valence-electron chi connectivity index (χ3n) is 7.25. The second kappa shape index (κ2) is 12.3. The molecule has 1 saturated heterocycles. The maximum atomic E-state index is 13.6. The molecule has 3 aromatic heterocycles. The Balaban J connectivity index is 1.15. The van der Waals surface area contributed by atoms with Crippen LogP contribution >= 0.6 is 0 Å². The van der Waals surface area contributed by atoms with Crippen LogP contribution in [0.15, 0.2) is 77.3 Å². The zero-order valence-corrected chi connectivity index (χ0v) is 23.1. The number of alkyl halides is 2. The highest BCUT2D eigenvalue weighted by atomic mass is 19.3. The standard InChI is InChI=1S/C31H30F2N8O3/c1-19(2)29(42)35-23-8-9-25-22(16-23)18-26(44-25)21-10-11-34-24(17-21)30(43)40-14-12-39(13-15-40)27(20-6-4-3-5-7-20)28-36-38-41(37-28)31(32)33/h3-11,16-19,27,31H,12-15H2,1-2H3,(H,35,42)/t27-/m0/s1/i1D3,2D3. The lowest BCUT2D eigenvalue weighted by molar-refractivity contribution is -0.118. The summed E-state index contributed by atoms with van der Waals surface area (Å²) in [4.78, 5) is 34.4. The molecule has 0 aliphatic carbocycles. The van der Waals surface area contributed by atoms with Crippen molar-refractivity contribution in [3.63, 3.8) is 0 Å². The molecule has 44 heavy (non-hydrogen) atoms. The second-order valence-corrected chi connectivity index (χ2v) is 10.1. The van der Waals surface area contributed by atoms with Gasteiger partial charge in [-0.2, -0.15) is 8.78 Å². The van der Waals surface area contributed by atoms with Crippen molar-refractivity contribution in [3.05, 3.63) is 90.0 Å². The van der Waals surface area contributed by atoms with Gasteiger partial charge in [0.05, 0.1) is 6.04 Å². The Morgan fingerprint density at radius 2 is 1.80 bits per heavy atom. The third kappa shape index (κ3) is 6.04. The van der Waals surface area contributed by atoms with Crippen LogP contribution in [0.3, 0.4) is 0 Å². The highest BCUT2D eigenvalue weighted by molar-refractivity contribution is 5.96. The molecule has 1 fully saturated rings. The molecule has 0 radical (unpaired) electrons. The summed E-state index contributed by atoms with van der Waals surface area (Å²) >= 11 is 0. The normalized spacial score (nSPS) is 17.4. The van der Waals surface area contributed by atoms with Gasteiger partial charge in [0.25, 0.3) is 5.91 Å². The fraction of sp³-hybridized carbons (Fsp3) is 0.290. The van der Waals surface area contributed by atoms with E-state index in [9.17, 15) is 18.4 Å². The molecule has 4 heterocycles. The van der Waals surface area contributed by atoms with E-state index >= 15 is 0 Å². The SMILES string of the molecule is [2H]C([2H])([2H])C(C(=O)Nc1ccc2oc(-c3ccnc(C(=O)N4CCN([C@@H](c5ccccc5)c5nnn(C(F)F)n5)CC4)c3)cc2c1)C([2H])([2H])[2H]. The molecular formula is C31H30F2N8O3. The lowest BCUT2D eigenvalue weighted by atomic mass is 10.0. The molecule has 2 aromatic carbocycles. The highest BCUT2D eigenvalue weighted by Crippen LogP contribution is 2.31. The number of halogens is 2. The fourth-order valence-corrected chi connectivity index (χ4v) is 5.11. The number of nitrogens with one attached hydrogen (secondary N) is 1. The van der Waals surface area contributed by atoms with Crippen LogP contribution < -0.4 is 5.32 Å². The number of nitrogens with zero attached hydrogens (tertiary/aromatic N) is 7. The number of carbonyl (C=O) groups excluding carboxylic acids is 2. The first-order valence-corrected chi connectivity index (χ1v) is 13.7. The van der Waals surface area contributed by atoms with Gasteiger partial charge in [-0.05, 0) is 47.2 Å². The predicted octanol–water partition coefficient (Wildman–Crippen LogP) is 5.02. The van der Waals surface area contributed by atoms with Crippen LogP contribution in [0.4, 0.5) is 14.5 Å². The van der Waals surface area contributed by atoms with E-state index in [1.807, 2.05) is 35.2 Å². The highest BCUT2D eigenvalue weighted by Gasteiger charge is 2.32. The molecule has 1 N–H and O–H groups in total. The first-order chi connectivity index (χ1) is 23.7. The summed E-state index contributed by atoms with van der Waals surface area (Å²) in [5.41, 5.74) is 2.13. The monoisotopic (exact) mass is 606 g/mol. The third-order valence-corrected chi connectivity index (χ3v) is 7.25. The summed E-state index contributed by atoms with van der Waals surface area (Å²) in [7, 11) is 0. The second-order valence-electron chi connectivity index (χ2n) is 10.1. The fourth-order valence-electron chi connectivity index (χ4n) is 5.11. The van der Waals surface area contributed by atoms with Crippen molar-refractivity contribution < 1.29 is 31.0 Å². The van der Waals surface area contributed by atoms with Gasteiger partial charge in [0, 0.05) is 63.2 Å². The Kier molecular flexibility index (Phi) is 6.28. The average Bonchev–Trinajstić information content (AvgIpc) is 3.72. The summed E-state index contributed by atoms with van der Waals surface area (Å²) < 4.78 is 77.5. The molecule has 13 heteroatoms. The summed E-state index contributed by atoms with van der Waals surface area (Å²) in [6, 6.07) is 18.1. The van der Waals surface area contributed by atoms with E-state index in [-0.39, 0.29) is 27.9 Å². The first-order valence-electron chi connectivity index (χ1n) is 16.7. The van der Waals surface area contributed by atoms with E-state index in [0.29, 0.717) is 48.5 Å². The Labute approximate surface area is 259 Å². The van der Waals surface area contributed by atoms with Gasteiger partial charge in [-0.15, -0.1) is 10.2 Å². The van der Waals surface area contributed by atoms with E-state index in [0.717, 1.165) is 5.56 Å².